The zero-order chi connectivity index (χ0) is 13.5. The summed E-state index contributed by atoms with van der Waals surface area (Å²) in [4.78, 5) is 0. The fourth-order valence-electron chi connectivity index (χ4n) is 5.89. The normalized spacial score (nSPS) is 43.5. The van der Waals surface area contributed by atoms with Gasteiger partial charge in [-0.1, -0.05) is 6.92 Å². The molecule has 1 aliphatic heterocycles. The first-order chi connectivity index (χ1) is 9.85. The molecule has 20 heavy (non-hydrogen) atoms. The van der Waals surface area contributed by atoms with E-state index >= 15 is 0 Å². The maximum absolute atomic E-state index is 5.97. The lowest BCUT2D eigenvalue weighted by Crippen LogP contribution is -2.53. The van der Waals surface area contributed by atoms with Crippen molar-refractivity contribution in [2.24, 2.45) is 29.6 Å². The van der Waals surface area contributed by atoms with Crippen LogP contribution in [0.2, 0.25) is 0 Å². The van der Waals surface area contributed by atoms with E-state index in [1.54, 1.807) is 6.42 Å². The van der Waals surface area contributed by atoms with E-state index in [9.17, 15) is 0 Å². The fourth-order valence-corrected chi connectivity index (χ4v) is 5.89. The second kappa shape index (κ2) is 5.36. The van der Waals surface area contributed by atoms with Crippen LogP contribution in [-0.2, 0) is 4.74 Å². The highest BCUT2D eigenvalue weighted by Gasteiger charge is 2.51. The predicted molar refractivity (Wildman–Crippen MR) is 81.3 cm³/mol. The van der Waals surface area contributed by atoms with Crippen LogP contribution in [-0.4, -0.2) is 19.2 Å². The highest BCUT2D eigenvalue weighted by molar-refractivity contribution is 5.14. The summed E-state index contributed by atoms with van der Waals surface area (Å²) in [5, 5.41) is 3.85. The van der Waals surface area contributed by atoms with E-state index < -0.39 is 0 Å². The molecule has 1 N–H and O–H groups in total. The van der Waals surface area contributed by atoms with Gasteiger partial charge in [0.15, 0.2) is 0 Å². The van der Waals surface area contributed by atoms with Crippen LogP contribution < -0.4 is 5.32 Å². The molecule has 4 bridgehead atoms. The molecule has 112 valence electrons. The molecule has 1 atom stereocenters. The molecule has 5 rings (SSSR count). The smallest absolute Gasteiger partial charge is 0.109 e. The SMILES string of the molecule is CCCNC(C1=CCCO1)C1C2CC3CC(C2)CC1C3. The Balaban J connectivity index is 1.56. The van der Waals surface area contributed by atoms with Gasteiger partial charge in [-0.2, -0.15) is 0 Å². The maximum Gasteiger partial charge on any atom is 0.109 e. The Morgan fingerprint density at radius 1 is 1.15 bits per heavy atom. The van der Waals surface area contributed by atoms with Crippen molar-refractivity contribution in [1.82, 2.24) is 5.32 Å². The molecule has 0 spiro atoms. The van der Waals surface area contributed by atoms with Crippen molar-refractivity contribution in [2.45, 2.75) is 57.9 Å². The molecular formula is C18H29NO. The van der Waals surface area contributed by atoms with Crippen LogP contribution in [0.5, 0.6) is 0 Å². The van der Waals surface area contributed by atoms with Gasteiger partial charge < -0.3 is 10.1 Å². The first-order valence-corrected chi connectivity index (χ1v) is 8.91. The number of rotatable bonds is 5. The van der Waals surface area contributed by atoms with Gasteiger partial charge in [-0.05, 0) is 80.7 Å². The third-order valence-corrected chi connectivity index (χ3v) is 6.34. The van der Waals surface area contributed by atoms with Gasteiger partial charge >= 0.3 is 0 Å². The molecule has 0 saturated heterocycles. The van der Waals surface area contributed by atoms with Crippen LogP contribution in [0, 0.1) is 29.6 Å². The van der Waals surface area contributed by atoms with Gasteiger partial charge in [0, 0.05) is 6.42 Å². The Bertz CT molecular complexity index is 361. The molecule has 0 aromatic rings. The molecular weight excluding hydrogens is 246 g/mol. The molecule has 0 aromatic heterocycles. The van der Waals surface area contributed by atoms with E-state index in [4.69, 9.17) is 4.74 Å². The number of nitrogens with one attached hydrogen (secondary N) is 1. The summed E-state index contributed by atoms with van der Waals surface area (Å²) >= 11 is 0. The summed E-state index contributed by atoms with van der Waals surface area (Å²) in [6.07, 6.45) is 12.3. The van der Waals surface area contributed by atoms with Crippen LogP contribution in [0.1, 0.15) is 51.9 Å². The quantitative estimate of drug-likeness (QED) is 0.825. The highest BCUT2D eigenvalue weighted by Crippen LogP contribution is 2.58. The molecule has 0 radical (unpaired) electrons. The Hall–Kier alpha value is -0.500. The number of ether oxygens (including phenoxy) is 1. The monoisotopic (exact) mass is 275 g/mol. The molecule has 1 heterocycles. The van der Waals surface area contributed by atoms with Crippen LogP contribution >= 0.6 is 0 Å². The zero-order valence-corrected chi connectivity index (χ0v) is 12.8. The maximum atomic E-state index is 5.97. The molecule has 2 heteroatoms. The summed E-state index contributed by atoms with van der Waals surface area (Å²) in [6.45, 7) is 4.31. The van der Waals surface area contributed by atoms with E-state index in [-0.39, 0.29) is 0 Å². The zero-order valence-electron chi connectivity index (χ0n) is 12.8. The van der Waals surface area contributed by atoms with Crippen molar-refractivity contribution in [1.29, 1.82) is 0 Å². The van der Waals surface area contributed by atoms with Crippen molar-refractivity contribution in [3.05, 3.63) is 11.8 Å². The average molecular weight is 275 g/mol. The largest absolute Gasteiger partial charge is 0.496 e. The molecule has 4 fully saturated rings. The summed E-state index contributed by atoms with van der Waals surface area (Å²) in [5.74, 6) is 6.24. The van der Waals surface area contributed by atoms with Crippen molar-refractivity contribution in [2.75, 3.05) is 13.2 Å². The van der Waals surface area contributed by atoms with Gasteiger partial charge in [0.25, 0.3) is 0 Å². The van der Waals surface area contributed by atoms with Gasteiger partial charge in [0.05, 0.1) is 12.6 Å². The fraction of sp³-hybridized carbons (Fsp3) is 0.889. The van der Waals surface area contributed by atoms with Gasteiger partial charge in [-0.15, -0.1) is 0 Å². The Morgan fingerprint density at radius 2 is 1.85 bits per heavy atom. The van der Waals surface area contributed by atoms with E-state index in [2.05, 4.69) is 18.3 Å². The lowest BCUT2D eigenvalue weighted by atomic mass is 9.50. The lowest BCUT2D eigenvalue weighted by molar-refractivity contribution is -0.0528. The van der Waals surface area contributed by atoms with Crippen LogP contribution in [0.25, 0.3) is 0 Å². The molecule has 0 amide bonds. The predicted octanol–water partition coefficient (Wildman–Crippen LogP) is 3.73. The molecule has 4 aliphatic carbocycles. The second-order valence-electron chi connectivity index (χ2n) is 7.68. The average Bonchev–Trinajstić information content (AvgIpc) is 2.94. The van der Waals surface area contributed by atoms with Gasteiger partial charge in [-0.25, -0.2) is 0 Å². The Morgan fingerprint density at radius 3 is 2.40 bits per heavy atom. The summed E-state index contributed by atoms with van der Waals surface area (Å²) in [6, 6.07) is 0.521. The van der Waals surface area contributed by atoms with Crippen molar-refractivity contribution < 1.29 is 4.74 Å². The Labute approximate surface area is 123 Å². The van der Waals surface area contributed by atoms with Crippen molar-refractivity contribution in [3.63, 3.8) is 0 Å². The van der Waals surface area contributed by atoms with E-state index in [1.165, 1.54) is 37.9 Å². The molecule has 1 unspecified atom stereocenters. The van der Waals surface area contributed by atoms with Crippen LogP contribution in [0.3, 0.4) is 0 Å². The van der Waals surface area contributed by atoms with Crippen molar-refractivity contribution >= 4 is 0 Å². The first kappa shape index (κ1) is 13.2. The molecule has 0 aromatic carbocycles. The molecule has 2 nitrogen and oxygen atoms in total. The third-order valence-electron chi connectivity index (χ3n) is 6.34. The lowest BCUT2D eigenvalue weighted by Gasteiger charge is -2.56. The standard InChI is InChI=1S/C18H29NO/c1-2-5-19-18(16-4-3-6-20-16)17-14-8-12-7-13(10-14)11-15(17)9-12/h4,12-15,17-19H,2-3,5-11H2,1H3. The minimum atomic E-state index is 0.521. The van der Waals surface area contributed by atoms with Gasteiger partial charge in [0.1, 0.15) is 5.76 Å². The third kappa shape index (κ3) is 2.20. The first-order valence-electron chi connectivity index (χ1n) is 8.91. The van der Waals surface area contributed by atoms with Crippen LogP contribution in [0.15, 0.2) is 11.8 Å². The van der Waals surface area contributed by atoms with E-state index in [0.717, 1.165) is 49.2 Å². The highest BCUT2D eigenvalue weighted by atomic mass is 16.5. The Kier molecular flexibility index (Phi) is 3.54. The summed E-state index contributed by atoms with van der Waals surface area (Å²) in [5.41, 5.74) is 0. The molecule has 5 aliphatic rings. The van der Waals surface area contributed by atoms with E-state index in [0.29, 0.717) is 6.04 Å². The van der Waals surface area contributed by atoms with E-state index in [1.807, 2.05) is 0 Å². The summed E-state index contributed by atoms with van der Waals surface area (Å²) in [7, 11) is 0. The van der Waals surface area contributed by atoms with Crippen molar-refractivity contribution in [3.8, 4) is 0 Å². The molecule has 4 saturated carbocycles. The van der Waals surface area contributed by atoms with Gasteiger partial charge in [-0.3, -0.25) is 0 Å². The number of hydrogen-bond donors (Lipinski definition) is 1. The summed E-state index contributed by atoms with van der Waals surface area (Å²) < 4.78 is 5.97. The number of hydrogen-bond acceptors (Lipinski definition) is 2. The topological polar surface area (TPSA) is 21.3 Å². The van der Waals surface area contributed by atoms with Gasteiger partial charge in [0.2, 0.25) is 0 Å². The van der Waals surface area contributed by atoms with Crippen LogP contribution in [0.4, 0.5) is 0 Å². The second-order valence-corrected chi connectivity index (χ2v) is 7.68. The minimum absolute atomic E-state index is 0.521. The minimum Gasteiger partial charge on any atom is -0.496 e.